The van der Waals surface area contributed by atoms with Crippen molar-refractivity contribution in [2.45, 2.75) is 37.3 Å². The Kier molecular flexibility index (Phi) is 16.0. The van der Waals surface area contributed by atoms with E-state index in [0.29, 0.717) is 35.7 Å². The molecule has 61 heavy (non-hydrogen) atoms. The van der Waals surface area contributed by atoms with Gasteiger partial charge in [0, 0.05) is 5.92 Å². The fourth-order valence-electron chi connectivity index (χ4n) is 6.83. The molecule has 0 amide bonds. The van der Waals surface area contributed by atoms with Crippen molar-refractivity contribution in [2.75, 3.05) is 0 Å². The van der Waals surface area contributed by atoms with Crippen LogP contribution in [0.15, 0.2) is 121 Å². The second-order valence-electron chi connectivity index (χ2n) is 13.4. The minimum atomic E-state index is -5.48. The molecule has 0 nitrogen and oxygen atoms in total. The molecule has 316 valence electrons. The van der Waals surface area contributed by atoms with Gasteiger partial charge in [-0.05, 0) is 135 Å². The fourth-order valence-corrected chi connectivity index (χ4v) is 12.3. The van der Waals surface area contributed by atoms with Crippen molar-refractivity contribution in [3.05, 3.63) is 212 Å². The standard InChI is InChI=1S/C41H27F12P2.C5H5.Fe/c1-25(30-16-10-17-31(30)32-15-8-9-18-35(32)55(28-11-4-2-5-12-28)29-13-6-3-7-14-29)54(36-21-19-26(38(42,43)44)23-33(36)40(48,49)50)37-22-20-27(39(45,46)47)24-34(37)41(51,52)53;1-2-4-5-3-1;/h2-25H,1H3;1-5H;/q;;+2/t25-;;/m1../s1. The molecule has 15 heteroatoms. The molecule has 5 aromatic carbocycles. The van der Waals surface area contributed by atoms with Crippen molar-refractivity contribution in [1.29, 1.82) is 0 Å². The van der Waals surface area contributed by atoms with E-state index in [1.54, 1.807) is 31.0 Å². The number of benzene rings is 5. The van der Waals surface area contributed by atoms with Gasteiger partial charge in [-0.25, -0.2) is 0 Å². The van der Waals surface area contributed by atoms with Crippen LogP contribution >= 0.6 is 15.8 Å². The van der Waals surface area contributed by atoms with Crippen molar-refractivity contribution in [2.24, 2.45) is 0 Å². The molecule has 0 unspecified atom stereocenters. The summed E-state index contributed by atoms with van der Waals surface area (Å²) < 4.78 is 171. The smallest absolute Gasteiger partial charge is 0.166 e. The van der Waals surface area contributed by atoms with Crippen molar-refractivity contribution < 1.29 is 69.8 Å². The molecule has 7 rings (SSSR count). The van der Waals surface area contributed by atoms with Gasteiger partial charge in [0.15, 0.2) is 0 Å². The van der Waals surface area contributed by atoms with Crippen molar-refractivity contribution in [1.82, 2.24) is 0 Å². The van der Waals surface area contributed by atoms with Gasteiger partial charge >= 0.3 is 41.8 Å². The third kappa shape index (κ3) is 11.6. The van der Waals surface area contributed by atoms with Gasteiger partial charge in [0.1, 0.15) is 0 Å². The summed E-state index contributed by atoms with van der Waals surface area (Å²) in [7, 11) is -4.30. The predicted molar refractivity (Wildman–Crippen MR) is 214 cm³/mol. The van der Waals surface area contributed by atoms with Crippen LogP contribution in [0, 0.1) is 63.2 Å². The molecule has 0 saturated heterocycles. The van der Waals surface area contributed by atoms with Crippen LogP contribution in [-0.4, -0.2) is 5.66 Å². The van der Waals surface area contributed by atoms with Crippen LogP contribution in [0.1, 0.15) is 34.7 Å². The van der Waals surface area contributed by atoms with Gasteiger partial charge < -0.3 is 0 Å². The summed E-state index contributed by atoms with van der Waals surface area (Å²) in [6.45, 7) is 1.35. The van der Waals surface area contributed by atoms with Gasteiger partial charge in [-0.15, -0.1) is 0 Å². The summed E-state index contributed by atoms with van der Waals surface area (Å²) in [5.41, 5.74) is -7.74. The van der Waals surface area contributed by atoms with Crippen LogP contribution in [0.3, 0.4) is 0 Å². The largest absolute Gasteiger partial charge is 2.00 e. The zero-order valence-corrected chi connectivity index (χ0v) is 34.4. The summed E-state index contributed by atoms with van der Waals surface area (Å²) in [4.78, 5) is 0. The molecule has 2 fully saturated rings. The molecule has 0 heterocycles. The minimum Gasteiger partial charge on any atom is -0.166 e. The van der Waals surface area contributed by atoms with E-state index < -0.39 is 79.1 Å². The van der Waals surface area contributed by atoms with E-state index in [9.17, 15) is 52.7 Å². The first-order valence-corrected chi connectivity index (χ1v) is 20.8. The van der Waals surface area contributed by atoms with Crippen LogP contribution in [0.5, 0.6) is 0 Å². The third-order valence-corrected chi connectivity index (χ3v) is 14.9. The average Bonchev–Trinajstić information content (AvgIpc) is 3.95. The zero-order chi connectivity index (χ0) is 43.5. The zero-order valence-electron chi connectivity index (χ0n) is 31.5. The minimum absolute atomic E-state index is 0. The fraction of sp³-hybridized carbons (Fsp3) is 0.130. The normalized spacial score (nSPS) is 16.0. The van der Waals surface area contributed by atoms with Crippen LogP contribution in [0.4, 0.5) is 52.7 Å². The van der Waals surface area contributed by atoms with Crippen LogP contribution in [-0.2, 0) is 41.8 Å². The summed E-state index contributed by atoms with van der Waals surface area (Å²) in [6.07, 6.45) is -6.72. The maximum Gasteiger partial charge on any atom is 2.00 e. The number of hydrogen-bond donors (Lipinski definition) is 0. The van der Waals surface area contributed by atoms with E-state index in [1.165, 1.54) is 13.3 Å². The Morgan fingerprint density at radius 1 is 0.426 bits per heavy atom. The molecule has 2 aliphatic carbocycles. The third-order valence-electron chi connectivity index (χ3n) is 9.48. The Hall–Kier alpha value is -3.36. The molecule has 1 atom stereocenters. The van der Waals surface area contributed by atoms with Crippen molar-refractivity contribution in [3.8, 4) is 0 Å². The first-order chi connectivity index (χ1) is 28.3. The molecule has 5 aromatic rings. The van der Waals surface area contributed by atoms with Crippen molar-refractivity contribution in [3.63, 3.8) is 0 Å². The van der Waals surface area contributed by atoms with Gasteiger partial charge in [0.25, 0.3) is 0 Å². The summed E-state index contributed by atoms with van der Waals surface area (Å²) >= 11 is 0. The van der Waals surface area contributed by atoms with E-state index in [1.807, 2.05) is 98.8 Å². The predicted octanol–water partition coefficient (Wildman–Crippen LogP) is 12.2. The van der Waals surface area contributed by atoms with Crippen molar-refractivity contribution >= 4 is 42.4 Å². The molecule has 0 bridgehead atoms. The van der Waals surface area contributed by atoms with Crippen LogP contribution < -0.4 is 26.5 Å². The molecular formula is C46H32F12FeP2+2. The molecule has 0 spiro atoms. The van der Waals surface area contributed by atoms with Gasteiger partial charge in [0.05, 0.1) is 22.3 Å². The number of alkyl halides is 12. The summed E-state index contributed by atoms with van der Waals surface area (Å²) in [5.74, 6) is 0.701. The Labute approximate surface area is 360 Å². The molecular weight excluding hydrogens is 898 g/mol. The summed E-state index contributed by atoms with van der Waals surface area (Å²) in [6, 6.07) is 27.4. The quantitative estimate of drug-likeness (QED) is 0.0826. The van der Waals surface area contributed by atoms with Gasteiger partial charge in [-0.3, -0.25) is 0 Å². The number of halogens is 12. The Balaban J connectivity index is 0.00000109. The molecule has 0 N–H and O–H groups in total. The Morgan fingerprint density at radius 2 is 0.836 bits per heavy atom. The molecule has 2 saturated carbocycles. The van der Waals surface area contributed by atoms with E-state index in [2.05, 4.69) is 0 Å². The molecule has 0 aromatic heterocycles. The van der Waals surface area contributed by atoms with Gasteiger partial charge in [-0.1, -0.05) is 104 Å². The monoisotopic (exact) mass is 930 g/mol. The first-order valence-electron chi connectivity index (χ1n) is 18.0. The van der Waals surface area contributed by atoms with E-state index >= 15 is 0 Å². The van der Waals surface area contributed by atoms with Gasteiger partial charge in [-0.2, -0.15) is 52.7 Å². The van der Waals surface area contributed by atoms with Crippen LogP contribution in [0.2, 0.25) is 0 Å². The van der Waals surface area contributed by atoms with E-state index in [0.717, 1.165) is 15.9 Å². The first kappa shape index (κ1) is 48.7. The second kappa shape index (κ2) is 20.0. The maximum absolute atomic E-state index is 14.7. The van der Waals surface area contributed by atoms with Gasteiger partial charge in [0.2, 0.25) is 0 Å². The average molecular weight is 931 g/mol. The SMILES string of the molecule is C[C@H]([C]1[CH][CH][CH][C]1c1ccccc1P(c1ccccc1)c1ccccc1)P(c1ccc(C(F)(F)F)cc1C(F)(F)F)c1ccc(C(F)(F)F)cc1C(F)(F)F.[CH]1[CH][CH][CH][CH]1.[Fe+2]. The molecule has 0 aliphatic heterocycles. The Bertz CT molecular complexity index is 2060. The topological polar surface area (TPSA) is 0 Å². The van der Waals surface area contributed by atoms with Crippen LogP contribution in [0.25, 0.3) is 0 Å². The Morgan fingerprint density at radius 3 is 1.25 bits per heavy atom. The number of hydrogen-bond acceptors (Lipinski definition) is 0. The summed E-state index contributed by atoms with van der Waals surface area (Å²) in [5, 5.41) is 0.890. The second-order valence-corrected chi connectivity index (χ2v) is 18.0. The molecule has 10 radical (unpaired) electrons. The number of rotatable bonds is 8. The maximum atomic E-state index is 14.7. The van der Waals surface area contributed by atoms with E-state index in [-0.39, 0.29) is 35.1 Å². The molecule has 2 aliphatic rings. The van der Waals surface area contributed by atoms with E-state index in [4.69, 9.17) is 0 Å².